The van der Waals surface area contributed by atoms with Crippen LogP contribution in [-0.4, -0.2) is 20.9 Å². The number of aromatic nitrogens is 2. The molecule has 0 radical (unpaired) electrons. The van der Waals surface area contributed by atoms with Gasteiger partial charge in [-0.1, -0.05) is 32.0 Å². The second-order valence-corrected chi connectivity index (χ2v) is 4.96. The fourth-order valence-electron chi connectivity index (χ4n) is 2.58. The van der Waals surface area contributed by atoms with E-state index in [1.165, 1.54) is 6.20 Å². The molecule has 2 rings (SSSR count). The molecule has 0 atom stereocenters. The molecule has 2 aromatic rings. The summed E-state index contributed by atoms with van der Waals surface area (Å²) in [6.45, 7) is 6.16. The highest BCUT2D eigenvalue weighted by molar-refractivity contribution is 5.89. The minimum atomic E-state index is -0.910. The summed E-state index contributed by atoms with van der Waals surface area (Å²) in [7, 11) is 0. The van der Waals surface area contributed by atoms with E-state index >= 15 is 0 Å². The number of carboxylic acids is 1. The van der Waals surface area contributed by atoms with Crippen LogP contribution in [-0.2, 0) is 0 Å². The molecule has 0 aliphatic rings. The number of hydrogen-bond acceptors (Lipinski definition) is 2. The first-order valence-electron chi connectivity index (χ1n) is 6.97. The van der Waals surface area contributed by atoms with E-state index in [9.17, 15) is 9.90 Å². The predicted molar refractivity (Wildman–Crippen MR) is 78.6 cm³/mol. The summed E-state index contributed by atoms with van der Waals surface area (Å²) in [5, 5.41) is 13.7. The van der Waals surface area contributed by atoms with Crippen LogP contribution in [0.15, 0.2) is 30.5 Å². The Kier molecular flexibility index (Phi) is 4.23. The molecular formula is C16H20N2O2. The van der Waals surface area contributed by atoms with Crippen molar-refractivity contribution < 1.29 is 9.90 Å². The maximum Gasteiger partial charge on any atom is 0.339 e. The smallest absolute Gasteiger partial charge is 0.339 e. The van der Waals surface area contributed by atoms with Crippen LogP contribution in [0.25, 0.3) is 5.69 Å². The van der Waals surface area contributed by atoms with Gasteiger partial charge >= 0.3 is 5.97 Å². The minimum absolute atomic E-state index is 0.197. The molecule has 0 saturated carbocycles. The van der Waals surface area contributed by atoms with Gasteiger partial charge in [-0.3, -0.25) is 0 Å². The van der Waals surface area contributed by atoms with E-state index in [4.69, 9.17) is 0 Å². The highest BCUT2D eigenvalue weighted by Gasteiger charge is 2.23. The maximum atomic E-state index is 11.4. The van der Waals surface area contributed by atoms with E-state index in [0.29, 0.717) is 5.56 Å². The largest absolute Gasteiger partial charge is 0.478 e. The minimum Gasteiger partial charge on any atom is -0.478 e. The van der Waals surface area contributed by atoms with Crippen molar-refractivity contribution in [1.82, 2.24) is 9.78 Å². The van der Waals surface area contributed by atoms with E-state index in [-0.39, 0.29) is 5.92 Å². The van der Waals surface area contributed by atoms with Crippen molar-refractivity contribution in [2.75, 3.05) is 0 Å². The van der Waals surface area contributed by atoms with Gasteiger partial charge in [-0.25, -0.2) is 9.48 Å². The lowest BCUT2D eigenvalue weighted by atomic mass is 9.96. The molecule has 0 aliphatic carbocycles. The molecular weight excluding hydrogens is 252 g/mol. The number of benzene rings is 1. The lowest BCUT2D eigenvalue weighted by Crippen LogP contribution is -2.12. The van der Waals surface area contributed by atoms with Crippen LogP contribution in [0.3, 0.4) is 0 Å². The number of carboxylic acid groups (broad SMARTS) is 1. The standard InChI is InChI=1S/C16H20N2O2/c1-4-12(5-2)15-13(16(19)20)10-17-18(15)14-9-7-6-8-11(14)3/h6-10,12H,4-5H2,1-3H3,(H,19,20). The Balaban J connectivity index is 2.65. The van der Waals surface area contributed by atoms with Crippen molar-refractivity contribution in [1.29, 1.82) is 0 Å². The lowest BCUT2D eigenvalue weighted by molar-refractivity contribution is 0.0695. The van der Waals surface area contributed by atoms with Gasteiger partial charge in [0.25, 0.3) is 0 Å². The summed E-state index contributed by atoms with van der Waals surface area (Å²) < 4.78 is 1.79. The quantitative estimate of drug-likeness (QED) is 0.901. The van der Waals surface area contributed by atoms with Gasteiger partial charge in [-0.15, -0.1) is 0 Å². The van der Waals surface area contributed by atoms with Crippen molar-refractivity contribution >= 4 is 5.97 Å². The van der Waals surface area contributed by atoms with Crippen molar-refractivity contribution in [2.24, 2.45) is 0 Å². The number of aromatic carboxylic acids is 1. The third-order valence-electron chi connectivity index (χ3n) is 3.75. The number of aryl methyl sites for hydroxylation is 1. The van der Waals surface area contributed by atoms with Gasteiger partial charge in [0.2, 0.25) is 0 Å². The average molecular weight is 272 g/mol. The van der Waals surface area contributed by atoms with Crippen molar-refractivity contribution in [2.45, 2.75) is 39.5 Å². The summed E-state index contributed by atoms with van der Waals surface area (Å²) in [5.41, 5.74) is 3.14. The molecule has 4 heteroatoms. The topological polar surface area (TPSA) is 55.1 Å². The zero-order valence-electron chi connectivity index (χ0n) is 12.1. The molecule has 1 N–H and O–H groups in total. The van der Waals surface area contributed by atoms with Gasteiger partial charge in [0.15, 0.2) is 0 Å². The summed E-state index contributed by atoms with van der Waals surface area (Å²) in [5.74, 6) is -0.713. The normalized spacial score (nSPS) is 11.0. The van der Waals surface area contributed by atoms with Crippen LogP contribution in [0.5, 0.6) is 0 Å². The third kappa shape index (κ3) is 2.46. The van der Waals surface area contributed by atoms with Gasteiger partial charge in [-0.05, 0) is 31.4 Å². The first-order valence-corrected chi connectivity index (χ1v) is 6.97. The summed E-state index contributed by atoms with van der Waals surface area (Å²) in [4.78, 5) is 11.4. The van der Waals surface area contributed by atoms with Crippen LogP contribution in [0.4, 0.5) is 0 Å². The first kappa shape index (κ1) is 14.3. The van der Waals surface area contributed by atoms with Gasteiger partial charge in [0.1, 0.15) is 5.56 Å². The number of hydrogen-bond donors (Lipinski definition) is 1. The molecule has 20 heavy (non-hydrogen) atoms. The maximum absolute atomic E-state index is 11.4. The Bertz CT molecular complexity index is 613. The van der Waals surface area contributed by atoms with E-state index in [1.54, 1.807) is 4.68 Å². The molecule has 0 spiro atoms. The first-order chi connectivity index (χ1) is 9.60. The molecule has 1 aromatic carbocycles. The van der Waals surface area contributed by atoms with E-state index in [0.717, 1.165) is 29.8 Å². The zero-order chi connectivity index (χ0) is 14.7. The molecule has 0 fully saturated rings. The Morgan fingerprint density at radius 2 is 1.95 bits per heavy atom. The highest BCUT2D eigenvalue weighted by atomic mass is 16.4. The fraction of sp³-hybridized carbons (Fsp3) is 0.375. The molecule has 1 heterocycles. The van der Waals surface area contributed by atoms with Gasteiger partial charge in [0.05, 0.1) is 17.6 Å². The van der Waals surface area contributed by atoms with Gasteiger partial charge < -0.3 is 5.11 Å². The summed E-state index contributed by atoms with van der Waals surface area (Å²) in [6, 6.07) is 7.90. The molecule has 0 aliphatic heterocycles. The second-order valence-electron chi connectivity index (χ2n) is 4.96. The molecule has 4 nitrogen and oxygen atoms in total. The summed E-state index contributed by atoms with van der Waals surface area (Å²) in [6.07, 6.45) is 3.26. The highest BCUT2D eigenvalue weighted by Crippen LogP contribution is 2.29. The third-order valence-corrected chi connectivity index (χ3v) is 3.75. The van der Waals surface area contributed by atoms with E-state index in [2.05, 4.69) is 18.9 Å². The van der Waals surface area contributed by atoms with Crippen LogP contribution in [0.1, 0.15) is 54.2 Å². The Morgan fingerprint density at radius 3 is 2.50 bits per heavy atom. The van der Waals surface area contributed by atoms with Crippen LogP contribution in [0.2, 0.25) is 0 Å². The predicted octanol–water partition coefficient (Wildman–Crippen LogP) is 3.78. The Hall–Kier alpha value is -2.10. The number of para-hydroxylation sites is 1. The van der Waals surface area contributed by atoms with Crippen LogP contribution < -0.4 is 0 Å². The van der Waals surface area contributed by atoms with E-state index < -0.39 is 5.97 Å². The molecule has 1 aromatic heterocycles. The molecule has 106 valence electrons. The SMILES string of the molecule is CCC(CC)c1c(C(=O)O)cnn1-c1ccccc1C. The van der Waals surface area contributed by atoms with E-state index in [1.807, 2.05) is 31.2 Å². The number of carbonyl (C=O) groups is 1. The number of nitrogens with zero attached hydrogens (tertiary/aromatic N) is 2. The average Bonchev–Trinajstić information content (AvgIpc) is 2.86. The van der Waals surface area contributed by atoms with Crippen LogP contribution in [0, 0.1) is 6.92 Å². The van der Waals surface area contributed by atoms with Gasteiger partial charge in [-0.2, -0.15) is 5.10 Å². The van der Waals surface area contributed by atoms with Crippen molar-refractivity contribution in [3.05, 3.63) is 47.3 Å². The lowest BCUT2D eigenvalue weighted by Gasteiger charge is -2.17. The Labute approximate surface area is 119 Å². The Morgan fingerprint density at radius 1 is 1.30 bits per heavy atom. The van der Waals surface area contributed by atoms with Crippen LogP contribution >= 0.6 is 0 Å². The molecule has 0 amide bonds. The molecule has 0 unspecified atom stereocenters. The summed E-state index contributed by atoms with van der Waals surface area (Å²) >= 11 is 0. The molecule has 0 bridgehead atoms. The number of rotatable bonds is 5. The second kappa shape index (κ2) is 5.90. The zero-order valence-corrected chi connectivity index (χ0v) is 12.1. The van der Waals surface area contributed by atoms with Crippen molar-refractivity contribution in [3.8, 4) is 5.69 Å². The monoisotopic (exact) mass is 272 g/mol. The van der Waals surface area contributed by atoms with Gasteiger partial charge in [0, 0.05) is 5.92 Å². The fourth-order valence-corrected chi connectivity index (χ4v) is 2.58. The molecule has 0 saturated heterocycles. The van der Waals surface area contributed by atoms with Crippen molar-refractivity contribution in [3.63, 3.8) is 0 Å².